The third kappa shape index (κ3) is 3.26. The second-order valence-corrected chi connectivity index (χ2v) is 5.10. The topological polar surface area (TPSA) is 186 Å². The molecule has 2 heterocycles. The number of ether oxygens (including phenoxy) is 3. The molecule has 0 aliphatic carbocycles. The van der Waals surface area contributed by atoms with Crippen molar-refractivity contribution >= 4 is 5.97 Å². The molecule has 0 bridgehead atoms. The van der Waals surface area contributed by atoms with E-state index in [1.54, 1.807) is 0 Å². The Balaban J connectivity index is 2.20. The molecule has 0 amide bonds. The third-order valence-corrected chi connectivity index (χ3v) is 3.55. The standard InChI is InChI=1S/C12H18O11/c13-1-3(15)9-10(8(19)11(20)22-9)23-12-7(18)6(17)5(16)4(2-14)21-12/h3-7,9,12-19H,1-2H2/t3-,4+,5+,6-,7+,9+,12-/m0/s1. The summed E-state index contributed by atoms with van der Waals surface area (Å²) in [4.78, 5) is 11.3. The van der Waals surface area contributed by atoms with Gasteiger partial charge in [-0.15, -0.1) is 0 Å². The van der Waals surface area contributed by atoms with Gasteiger partial charge in [0.25, 0.3) is 0 Å². The summed E-state index contributed by atoms with van der Waals surface area (Å²) in [6.45, 7) is -1.51. The predicted octanol–water partition coefficient (Wildman–Crippen LogP) is -4.15. The second kappa shape index (κ2) is 6.97. The smallest absolute Gasteiger partial charge is 0.378 e. The van der Waals surface area contributed by atoms with Crippen LogP contribution in [0.2, 0.25) is 0 Å². The van der Waals surface area contributed by atoms with Gasteiger partial charge in [-0.05, 0) is 0 Å². The van der Waals surface area contributed by atoms with Crippen molar-refractivity contribution in [3.05, 3.63) is 11.5 Å². The van der Waals surface area contributed by atoms with Crippen LogP contribution in [0.4, 0.5) is 0 Å². The first kappa shape index (κ1) is 17.9. The predicted molar refractivity (Wildman–Crippen MR) is 67.5 cm³/mol. The average molecular weight is 338 g/mol. The largest absolute Gasteiger partial charge is 0.499 e. The van der Waals surface area contributed by atoms with Crippen molar-refractivity contribution in [1.29, 1.82) is 0 Å². The highest BCUT2D eigenvalue weighted by Gasteiger charge is 2.48. The molecule has 0 unspecified atom stereocenters. The minimum Gasteiger partial charge on any atom is -0.499 e. The summed E-state index contributed by atoms with van der Waals surface area (Å²) in [5.41, 5.74) is 0. The molecule has 11 heteroatoms. The van der Waals surface area contributed by atoms with Gasteiger partial charge in [-0.25, -0.2) is 4.79 Å². The number of carbonyl (C=O) groups excluding carboxylic acids is 1. The molecular formula is C12H18O11. The van der Waals surface area contributed by atoms with E-state index in [-0.39, 0.29) is 0 Å². The zero-order valence-electron chi connectivity index (χ0n) is 11.7. The fourth-order valence-corrected chi connectivity index (χ4v) is 2.22. The Hall–Kier alpha value is -1.47. The molecular weight excluding hydrogens is 320 g/mol. The van der Waals surface area contributed by atoms with E-state index < -0.39 is 73.6 Å². The highest BCUT2D eigenvalue weighted by atomic mass is 16.7. The number of hydrogen-bond acceptors (Lipinski definition) is 11. The van der Waals surface area contributed by atoms with Gasteiger partial charge in [-0.1, -0.05) is 0 Å². The Morgan fingerprint density at radius 2 is 1.78 bits per heavy atom. The van der Waals surface area contributed by atoms with E-state index in [1.807, 2.05) is 0 Å². The van der Waals surface area contributed by atoms with Crippen LogP contribution >= 0.6 is 0 Å². The molecule has 7 atom stereocenters. The molecule has 0 aromatic rings. The van der Waals surface area contributed by atoms with Crippen LogP contribution in [0.15, 0.2) is 11.5 Å². The number of carbonyl (C=O) groups is 1. The van der Waals surface area contributed by atoms with Crippen LogP contribution in [-0.2, 0) is 19.0 Å². The SMILES string of the molecule is O=C1O[C@H]([C@@H](O)CO)C(O[C@@H]2O[C@H](CO)[C@@H](O)[C@H](O)[C@H]2O)=C1O. The molecule has 2 rings (SSSR count). The molecule has 0 radical (unpaired) electrons. The van der Waals surface area contributed by atoms with Gasteiger partial charge in [0.2, 0.25) is 12.0 Å². The Morgan fingerprint density at radius 3 is 2.35 bits per heavy atom. The van der Waals surface area contributed by atoms with Gasteiger partial charge >= 0.3 is 5.97 Å². The molecule has 132 valence electrons. The number of hydrogen-bond donors (Lipinski definition) is 7. The molecule has 0 aromatic heterocycles. The molecule has 2 aliphatic rings. The van der Waals surface area contributed by atoms with E-state index in [1.165, 1.54) is 0 Å². The molecule has 11 nitrogen and oxygen atoms in total. The van der Waals surface area contributed by atoms with Crippen LogP contribution in [0.3, 0.4) is 0 Å². The summed E-state index contributed by atoms with van der Waals surface area (Å²) < 4.78 is 14.8. The van der Waals surface area contributed by atoms with E-state index in [9.17, 15) is 30.3 Å². The number of esters is 1. The Morgan fingerprint density at radius 1 is 1.13 bits per heavy atom. The fourth-order valence-electron chi connectivity index (χ4n) is 2.22. The lowest BCUT2D eigenvalue weighted by molar-refractivity contribution is -0.294. The van der Waals surface area contributed by atoms with Crippen LogP contribution in [0.1, 0.15) is 0 Å². The highest BCUT2D eigenvalue weighted by Crippen LogP contribution is 2.30. The Bertz CT molecular complexity index is 476. The maximum Gasteiger partial charge on any atom is 0.378 e. The van der Waals surface area contributed by atoms with Gasteiger partial charge in [-0.3, -0.25) is 0 Å². The lowest BCUT2D eigenvalue weighted by Gasteiger charge is -2.40. The van der Waals surface area contributed by atoms with Crippen molar-refractivity contribution in [1.82, 2.24) is 0 Å². The van der Waals surface area contributed by atoms with Crippen LogP contribution < -0.4 is 0 Å². The van der Waals surface area contributed by atoms with Gasteiger partial charge < -0.3 is 50.0 Å². The minimum absolute atomic E-state index is 0.610. The first-order valence-corrected chi connectivity index (χ1v) is 6.72. The number of aliphatic hydroxyl groups is 7. The van der Waals surface area contributed by atoms with Crippen LogP contribution in [0.25, 0.3) is 0 Å². The molecule has 1 fully saturated rings. The van der Waals surface area contributed by atoms with E-state index in [4.69, 9.17) is 19.7 Å². The highest BCUT2D eigenvalue weighted by molar-refractivity contribution is 5.89. The normalized spacial score (nSPS) is 39.3. The van der Waals surface area contributed by atoms with Crippen LogP contribution in [0, 0.1) is 0 Å². The van der Waals surface area contributed by atoms with Crippen molar-refractivity contribution in [2.45, 2.75) is 42.9 Å². The van der Waals surface area contributed by atoms with E-state index in [0.29, 0.717) is 0 Å². The summed E-state index contributed by atoms with van der Waals surface area (Å²) in [6, 6.07) is 0. The first-order chi connectivity index (χ1) is 10.8. The molecule has 0 aromatic carbocycles. The maximum absolute atomic E-state index is 11.3. The maximum atomic E-state index is 11.3. The van der Waals surface area contributed by atoms with E-state index in [0.717, 1.165) is 0 Å². The lowest BCUT2D eigenvalue weighted by atomic mass is 9.99. The van der Waals surface area contributed by atoms with Gasteiger partial charge in [0.05, 0.1) is 13.2 Å². The van der Waals surface area contributed by atoms with Crippen LogP contribution in [-0.4, -0.2) is 97.8 Å². The van der Waals surface area contributed by atoms with Crippen molar-refractivity contribution in [2.24, 2.45) is 0 Å². The van der Waals surface area contributed by atoms with Gasteiger partial charge in [0, 0.05) is 0 Å². The molecule has 0 spiro atoms. The zero-order valence-corrected chi connectivity index (χ0v) is 11.7. The van der Waals surface area contributed by atoms with Crippen molar-refractivity contribution in [3.8, 4) is 0 Å². The van der Waals surface area contributed by atoms with Gasteiger partial charge in [-0.2, -0.15) is 0 Å². The molecule has 23 heavy (non-hydrogen) atoms. The quantitative estimate of drug-likeness (QED) is 0.241. The third-order valence-electron chi connectivity index (χ3n) is 3.55. The summed E-state index contributed by atoms with van der Waals surface area (Å²) in [5.74, 6) is -2.83. The molecule has 1 saturated heterocycles. The first-order valence-electron chi connectivity index (χ1n) is 6.72. The lowest BCUT2D eigenvalue weighted by Crippen LogP contribution is -2.59. The monoisotopic (exact) mass is 338 g/mol. The number of cyclic esters (lactones) is 1. The number of rotatable bonds is 5. The van der Waals surface area contributed by atoms with Gasteiger partial charge in [0.1, 0.15) is 30.5 Å². The van der Waals surface area contributed by atoms with Crippen molar-refractivity contribution in [2.75, 3.05) is 13.2 Å². The summed E-state index contributed by atoms with van der Waals surface area (Å²) >= 11 is 0. The minimum atomic E-state index is -1.78. The van der Waals surface area contributed by atoms with E-state index in [2.05, 4.69) is 4.74 Å². The van der Waals surface area contributed by atoms with Crippen LogP contribution in [0.5, 0.6) is 0 Å². The fraction of sp³-hybridized carbons (Fsp3) is 0.750. The van der Waals surface area contributed by atoms with Gasteiger partial charge in [0.15, 0.2) is 11.9 Å². The summed E-state index contributed by atoms with van der Waals surface area (Å²) in [7, 11) is 0. The molecule has 7 N–H and O–H groups in total. The summed E-state index contributed by atoms with van der Waals surface area (Å²) in [5, 5.41) is 66.3. The molecule has 2 aliphatic heterocycles. The van der Waals surface area contributed by atoms with Crippen molar-refractivity contribution in [3.63, 3.8) is 0 Å². The van der Waals surface area contributed by atoms with Crippen molar-refractivity contribution < 1.29 is 54.8 Å². The Kier molecular flexibility index (Phi) is 5.41. The Labute approximate surface area is 129 Å². The molecule has 0 saturated carbocycles. The van der Waals surface area contributed by atoms with E-state index >= 15 is 0 Å². The summed E-state index contributed by atoms with van der Waals surface area (Å²) in [6.07, 6.45) is -11.2. The second-order valence-electron chi connectivity index (χ2n) is 5.10. The zero-order chi connectivity index (χ0) is 17.3. The average Bonchev–Trinajstić information content (AvgIpc) is 2.82. The number of aliphatic hydroxyl groups excluding tert-OH is 7.